The molecule has 4 rings (SSSR count). The first kappa shape index (κ1) is 22.4. The van der Waals surface area contributed by atoms with Crippen LogP contribution in [0.2, 0.25) is 0 Å². The molecule has 1 aromatic heterocycles. The van der Waals surface area contributed by atoms with Gasteiger partial charge in [-0.2, -0.15) is 0 Å². The average Bonchev–Trinajstić information content (AvgIpc) is 3.54. The van der Waals surface area contributed by atoms with Crippen LogP contribution in [0.3, 0.4) is 0 Å². The number of hydrogen-bond acceptors (Lipinski definition) is 5. The van der Waals surface area contributed by atoms with Crippen LogP contribution in [0.5, 0.6) is 5.75 Å². The van der Waals surface area contributed by atoms with Gasteiger partial charge in [0.2, 0.25) is 5.91 Å². The monoisotopic (exact) mass is 439 g/mol. The Balaban J connectivity index is 1.40. The van der Waals surface area contributed by atoms with Crippen molar-refractivity contribution in [3.8, 4) is 5.75 Å². The topological polar surface area (TPSA) is 66.2 Å². The number of ether oxygens (including phenoxy) is 1. The largest absolute Gasteiger partial charge is 0.497 e. The molecule has 1 aliphatic heterocycles. The fraction of sp³-hybridized carbons (Fsp3) is 0.520. The lowest BCUT2D eigenvalue weighted by molar-refractivity contribution is -0.139. The van der Waals surface area contributed by atoms with Crippen molar-refractivity contribution in [3.05, 3.63) is 54.0 Å². The molecule has 1 unspecified atom stereocenters. The first-order chi connectivity index (χ1) is 15.6. The molecule has 7 heteroatoms. The van der Waals surface area contributed by atoms with Gasteiger partial charge in [-0.1, -0.05) is 12.8 Å². The highest BCUT2D eigenvalue weighted by Gasteiger charge is 2.38. The lowest BCUT2D eigenvalue weighted by Gasteiger charge is -2.42. The Labute approximate surface area is 189 Å². The number of likely N-dealkylation sites (N-methyl/N-ethyl adjacent to an activating group) is 1. The second-order valence-electron chi connectivity index (χ2n) is 8.82. The zero-order valence-corrected chi connectivity index (χ0v) is 19.0. The molecule has 1 aliphatic carbocycles. The predicted molar refractivity (Wildman–Crippen MR) is 121 cm³/mol. The molecule has 1 aromatic carbocycles. The average molecular weight is 440 g/mol. The number of hydrogen-bond donors (Lipinski definition) is 0. The van der Waals surface area contributed by atoms with E-state index in [2.05, 4.69) is 4.90 Å². The minimum Gasteiger partial charge on any atom is -0.497 e. The molecule has 2 aliphatic rings. The number of furan rings is 1. The summed E-state index contributed by atoms with van der Waals surface area (Å²) in [5.74, 6) is 2.10. The van der Waals surface area contributed by atoms with Crippen LogP contribution in [0.25, 0.3) is 0 Å². The summed E-state index contributed by atoms with van der Waals surface area (Å²) in [5, 5.41) is 0. The SMILES string of the molecule is COc1ccc(C(=O)N2CCN(C(C(=O)N(C)Cc3ccco3)C3CCCC3)CC2)cc1. The molecule has 1 saturated heterocycles. The van der Waals surface area contributed by atoms with Crippen LogP contribution < -0.4 is 4.74 Å². The standard InChI is InChI=1S/C25H33N3O4/c1-26(18-22-8-5-17-32-22)25(30)23(19-6-3-4-7-19)27-13-15-28(16-14-27)24(29)20-9-11-21(31-2)12-10-20/h5,8-12,17,19,23H,3-4,6-7,13-16,18H2,1-2H3. The molecule has 2 amide bonds. The van der Waals surface area contributed by atoms with Crippen LogP contribution >= 0.6 is 0 Å². The molecule has 1 saturated carbocycles. The van der Waals surface area contributed by atoms with E-state index in [4.69, 9.17) is 9.15 Å². The summed E-state index contributed by atoms with van der Waals surface area (Å²) in [6, 6.07) is 10.9. The van der Waals surface area contributed by atoms with Crippen molar-refractivity contribution in [2.75, 3.05) is 40.3 Å². The number of piperazine rings is 1. The Morgan fingerprint density at radius 2 is 1.78 bits per heavy atom. The molecule has 2 aromatic rings. The van der Waals surface area contributed by atoms with E-state index >= 15 is 0 Å². The van der Waals surface area contributed by atoms with Gasteiger partial charge in [-0.3, -0.25) is 14.5 Å². The third-order valence-corrected chi connectivity index (χ3v) is 6.78. The maximum atomic E-state index is 13.5. The summed E-state index contributed by atoms with van der Waals surface area (Å²) >= 11 is 0. The van der Waals surface area contributed by atoms with Crippen molar-refractivity contribution in [2.45, 2.75) is 38.3 Å². The van der Waals surface area contributed by atoms with Gasteiger partial charge in [-0.05, 0) is 55.2 Å². The molecule has 0 spiro atoms. The van der Waals surface area contributed by atoms with Crippen LogP contribution in [0.4, 0.5) is 0 Å². The van der Waals surface area contributed by atoms with Gasteiger partial charge in [0.1, 0.15) is 11.5 Å². The Bertz CT molecular complexity index is 882. The Hall–Kier alpha value is -2.80. The quantitative estimate of drug-likeness (QED) is 0.663. The Kier molecular flexibility index (Phi) is 7.15. The smallest absolute Gasteiger partial charge is 0.253 e. The number of amides is 2. The normalized spacial score (nSPS) is 18.5. The second kappa shape index (κ2) is 10.2. The molecule has 2 fully saturated rings. The van der Waals surface area contributed by atoms with Crippen molar-refractivity contribution in [2.24, 2.45) is 5.92 Å². The number of benzene rings is 1. The van der Waals surface area contributed by atoms with E-state index in [0.29, 0.717) is 44.2 Å². The van der Waals surface area contributed by atoms with Crippen LogP contribution in [-0.4, -0.2) is 72.9 Å². The second-order valence-corrected chi connectivity index (χ2v) is 8.82. The zero-order valence-electron chi connectivity index (χ0n) is 19.0. The van der Waals surface area contributed by atoms with Gasteiger partial charge in [-0.15, -0.1) is 0 Å². The molecule has 2 heterocycles. The Morgan fingerprint density at radius 1 is 1.09 bits per heavy atom. The van der Waals surface area contributed by atoms with Gasteiger partial charge < -0.3 is 19.0 Å². The molecule has 172 valence electrons. The molecule has 0 radical (unpaired) electrons. The van der Waals surface area contributed by atoms with Gasteiger partial charge in [0, 0.05) is 38.8 Å². The molecule has 1 atom stereocenters. The summed E-state index contributed by atoms with van der Waals surface area (Å²) in [4.78, 5) is 32.4. The first-order valence-electron chi connectivity index (χ1n) is 11.5. The molecular weight excluding hydrogens is 406 g/mol. The van der Waals surface area contributed by atoms with Crippen molar-refractivity contribution in [1.82, 2.24) is 14.7 Å². The van der Waals surface area contributed by atoms with E-state index in [1.165, 1.54) is 12.8 Å². The number of carbonyl (C=O) groups is 2. The maximum absolute atomic E-state index is 13.5. The molecule has 7 nitrogen and oxygen atoms in total. The summed E-state index contributed by atoms with van der Waals surface area (Å²) in [7, 11) is 3.47. The number of carbonyl (C=O) groups excluding carboxylic acids is 2. The maximum Gasteiger partial charge on any atom is 0.253 e. The van der Waals surface area contributed by atoms with Crippen molar-refractivity contribution < 1.29 is 18.7 Å². The van der Waals surface area contributed by atoms with Crippen molar-refractivity contribution in [3.63, 3.8) is 0 Å². The van der Waals surface area contributed by atoms with E-state index in [0.717, 1.165) is 24.4 Å². The summed E-state index contributed by atoms with van der Waals surface area (Å²) in [6.45, 7) is 3.16. The first-order valence-corrected chi connectivity index (χ1v) is 11.5. The van der Waals surface area contributed by atoms with Gasteiger partial charge in [0.15, 0.2) is 0 Å². The molecule has 32 heavy (non-hydrogen) atoms. The lowest BCUT2D eigenvalue weighted by atomic mass is 9.94. The lowest BCUT2D eigenvalue weighted by Crippen LogP contribution is -2.58. The van der Waals surface area contributed by atoms with Gasteiger partial charge >= 0.3 is 0 Å². The number of rotatable bonds is 7. The zero-order chi connectivity index (χ0) is 22.5. The van der Waals surface area contributed by atoms with Gasteiger partial charge in [0.25, 0.3) is 5.91 Å². The van der Waals surface area contributed by atoms with E-state index in [9.17, 15) is 9.59 Å². The summed E-state index contributed by atoms with van der Waals surface area (Å²) in [6.07, 6.45) is 6.20. The van der Waals surface area contributed by atoms with E-state index in [1.807, 2.05) is 48.3 Å². The van der Waals surface area contributed by atoms with Crippen LogP contribution in [-0.2, 0) is 11.3 Å². The van der Waals surface area contributed by atoms with E-state index < -0.39 is 0 Å². The predicted octanol–water partition coefficient (Wildman–Crippen LogP) is 3.26. The number of nitrogens with zero attached hydrogens (tertiary/aromatic N) is 3. The molecule has 0 bridgehead atoms. The highest BCUT2D eigenvalue weighted by atomic mass is 16.5. The fourth-order valence-corrected chi connectivity index (χ4v) is 4.99. The number of methoxy groups -OCH3 is 1. The van der Waals surface area contributed by atoms with Crippen LogP contribution in [0, 0.1) is 5.92 Å². The third-order valence-electron chi connectivity index (χ3n) is 6.78. The van der Waals surface area contributed by atoms with Crippen LogP contribution in [0.15, 0.2) is 47.1 Å². The fourth-order valence-electron chi connectivity index (χ4n) is 4.99. The van der Waals surface area contributed by atoms with Crippen molar-refractivity contribution in [1.29, 1.82) is 0 Å². The highest BCUT2D eigenvalue weighted by Crippen LogP contribution is 2.32. The Morgan fingerprint density at radius 3 is 2.38 bits per heavy atom. The van der Waals surface area contributed by atoms with E-state index in [-0.39, 0.29) is 17.9 Å². The van der Waals surface area contributed by atoms with Crippen molar-refractivity contribution >= 4 is 11.8 Å². The van der Waals surface area contributed by atoms with Crippen LogP contribution in [0.1, 0.15) is 41.8 Å². The minimum atomic E-state index is -0.129. The van der Waals surface area contributed by atoms with Gasteiger partial charge in [0.05, 0.1) is 26.0 Å². The third kappa shape index (κ3) is 4.99. The molecular formula is C25H33N3O4. The summed E-state index contributed by atoms with van der Waals surface area (Å²) in [5.41, 5.74) is 0.667. The molecule has 0 N–H and O–H groups in total. The highest BCUT2D eigenvalue weighted by molar-refractivity contribution is 5.94. The van der Waals surface area contributed by atoms with E-state index in [1.54, 1.807) is 18.3 Å². The summed E-state index contributed by atoms with van der Waals surface area (Å²) < 4.78 is 10.6. The van der Waals surface area contributed by atoms with Gasteiger partial charge in [-0.25, -0.2) is 0 Å². The minimum absolute atomic E-state index is 0.0333.